The Hall–Kier alpha value is -0.610. The second-order valence-electron chi connectivity index (χ2n) is 4.04. The number of nitrogens with one attached hydrogen (secondary N) is 1. The highest BCUT2D eigenvalue weighted by Crippen LogP contribution is 2.29. The molecule has 1 aliphatic rings. The molecule has 15 heavy (non-hydrogen) atoms. The highest BCUT2D eigenvalue weighted by molar-refractivity contribution is 7.98. The van der Waals surface area contributed by atoms with Crippen LogP contribution in [-0.4, -0.2) is 23.1 Å². The Kier molecular flexibility index (Phi) is 3.26. The minimum absolute atomic E-state index is 0.441. The average molecular weight is 223 g/mol. The van der Waals surface area contributed by atoms with Crippen molar-refractivity contribution in [1.29, 1.82) is 0 Å². The van der Waals surface area contributed by atoms with E-state index in [1.807, 2.05) is 18.8 Å². The molecule has 4 heteroatoms. The number of rotatable bonds is 3. The zero-order valence-electron chi connectivity index (χ0n) is 9.50. The summed E-state index contributed by atoms with van der Waals surface area (Å²) in [4.78, 5) is 9.20. The standard InChI is InChI=1S/C11H17N3S/c1-7(12-3)4-11-13-8(2)9-5-15-6-10(9)14-11/h7,12H,4-6H2,1-3H3. The minimum atomic E-state index is 0.441. The zero-order valence-corrected chi connectivity index (χ0v) is 10.3. The van der Waals surface area contributed by atoms with Crippen LogP contribution in [0.5, 0.6) is 0 Å². The molecule has 1 aromatic rings. The largest absolute Gasteiger partial charge is 0.317 e. The van der Waals surface area contributed by atoms with E-state index in [1.54, 1.807) is 0 Å². The van der Waals surface area contributed by atoms with E-state index in [4.69, 9.17) is 0 Å². The lowest BCUT2D eigenvalue weighted by atomic mass is 10.1. The quantitative estimate of drug-likeness (QED) is 0.846. The fourth-order valence-electron chi connectivity index (χ4n) is 1.74. The van der Waals surface area contributed by atoms with Crippen LogP contribution in [0.1, 0.15) is 29.7 Å². The van der Waals surface area contributed by atoms with Crippen LogP contribution < -0.4 is 5.32 Å². The fraction of sp³-hybridized carbons (Fsp3) is 0.636. The van der Waals surface area contributed by atoms with Gasteiger partial charge in [0, 0.05) is 35.2 Å². The Morgan fingerprint density at radius 1 is 1.40 bits per heavy atom. The molecule has 1 aromatic heterocycles. The third kappa shape index (κ3) is 2.32. The van der Waals surface area contributed by atoms with Gasteiger partial charge in [-0.3, -0.25) is 0 Å². The van der Waals surface area contributed by atoms with Crippen molar-refractivity contribution in [2.45, 2.75) is 37.8 Å². The van der Waals surface area contributed by atoms with Crippen LogP contribution in [0.4, 0.5) is 0 Å². The molecule has 3 nitrogen and oxygen atoms in total. The van der Waals surface area contributed by atoms with Crippen LogP contribution >= 0.6 is 11.8 Å². The molecule has 0 spiro atoms. The predicted octanol–water partition coefficient (Wildman–Crippen LogP) is 1.68. The Labute approximate surface area is 95.1 Å². The lowest BCUT2D eigenvalue weighted by molar-refractivity contribution is 0.588. The molecule has 0 amide bonds. The van der Waals surface area contributed by atoms with Crippen molar-refractivity contribution in [3.8, 4) is 0 Å². The van der Waals surface area contributed by atoms with Gasteiger partial charge in [0.25, 0.3) is 0 Å². The maximum atomic E-state index is 4.63. The van der Waals surface area contributed by atoms with Gasteiger partial charge in [-0.1, -0.05) is 0 Å². The highest BCUT2D eigenvalue weighted by atomic mass is 32.2. The number of aromatic nitrogens is 2. The number of nitrogens with zero attached hydrogens (tertiary/aromatic N) is 2. The molecule has 0 saturated carbocycles. The molecule has 1 N–H and O–H groups in total. The number of aryl methyl sites for hydroxylation is 1. The number of thioether (sulfide) groups is 1. The van der Waals surface area contributed by atoms with Crippen LogP contribution in [-0.2, 0) is 17.9 Å². The van der Waals surface area contributed by atoms with E-state index >= 15 is 0 Å². The first-order valence-corrected chi connectivity index (χ1v) is 6.46. The number of fused-ring (bicyclic) bond motifs is 1. The fourth-order valence-corrected chi connectivity index (χ4v) is 2.86. The maximum Gasteiger partial charge on any atom is 0.130 e. The molecule has 0 fully saturated rings. The van der Waals surface area contributed by atoms with Gasteiger partial charge in [0.1, 0.15) is 5.82 Å². The van der Waals surface area contributed by atoms with Crippen LogP contribution in [0.25, 0.3) is 0 Å². The predicted molar refractivity (Wildman–Crippen MR) is 64.0 cm³/mol. The molecular formula is C11H17N3S. The van der Waals surface area contributed by atoms with E-state index in [0.29, 0.717) is 6.04 Å². The van der Waals surface area contributed by atoms with Crippen LogP contribution in [0, 0.1) is 6.92 Å². The van der Waals surface area contributed by atoms with Crippen molar-refractivity contribution in [3.05, 3.63) is 22.8 Å². The lowest BCUT2D eigenvalue weighted by Gasteiger charge is -2.10. The summed E-state index contributed by atoms with van der Waals surface area (Å²) in [6.45, 7) is 4.25. The molecule has 0 radical (unpaired) electrons. The van der Waals surface area contributed by atoms with Crippen molar-refractivity contribution < 1.29 is 0 Å². The summed E-state index contributed by atoms with van der Waals surface area (Å²) < 4.78 is 0. The second-order valence-corrected chi connectivity index (χ2v) is 5.02. The van der Waals surface area contributed by atoms with E-state index < -0.39 is 0 Å². The summed E-state index contributed by atoms with van der Waals surface area (Å²) >= 11 is 1.93. The van der Waals surface area contributed by atoms with Crippen LogP contribution in [0.2, 0.25) is 0 Å². The number of likely N-dealkylation sites (N-methyl/N-ethyl adjacent to an activating group) is 1. The van der Waals surface area contributed by atoms with E-state index in [-0.39, 0.29) is 0 Å². The van der Waals surface area contributed by atoms with Crippen LogP contribution in [0.3, 0.4) is 0 Å². The Morgan fingerprint density at radius 3 is 2.93 bits per heavy atom. The van der Waals surface area contributed by atoms with Gasteiger partial charge < -0.3 is 5.32 Å². The van der Waals surface area contributed by atoms with Crippen molar-refractivity contribution in [3.63, 3.8) is 0 Å². The normalized spacial score (nSPS) is 16.5. The lowest BCUT2D eigenvalue weighted by Crippen LogP contribution is -2.25. The smallest absolute Gasteiger partial charge is 0.130 e. The van der Waals surface area contributed by atoms with Gasteiger partial charge in [-0.05, 0) is 20.9 Å². The molecule has 0 bridgehead atoms. The van der Waals surface area contributed by atoms with E-state index in [0.717, 1.165) is 23.8 Å². The van der Waals surface area contributed by atoms with Gasteiger partial charge in [0.15, 0.2) is 0 Å². The molecular weight excluding hydrogens is 206 g/mol. The van der Waals surface area contributed by atoms with Gasteiger partial charge in [-0.25, -0.2) is 9.97 Å². The average Bonchev–Trinajstić information content (AvgIpc) is 2.66. The van der Waals surface area contributed by atoms with Gasteiger partial charge in [-0.15, -0.1) is 0 Å². The first kappa shape index (κ1) is 10.9. The monoisotopic (exact) mass is 223 g/mol. The van der Waals surface area contributed by atoms with E-state index in [9.17, 15) is 0 Å². The van der Waals surface area contributed by atoms with Gasteiger partial charge in [0.2, 0.25) is 0 Å². The molecule has 0 saturated heterocycles. The summed E-state index contributed by atoms with van der Waals surface area (Å²) in [5.41, 5.74) is 3.79. The maximum absolute atomic E-state index is 4.63. The molecule has 1 aliphatic heterocycles. The number of hydrogen-bond donors (Lipinski definition) is 1. The summed E-state index contributed by atoms with van der Waals surface area (Å²) in [7, 11) is 1.97. The van der Waals surface area contributed by atoms with Gasteiger partial charge in [-0.2, -0.15) is 11.8 Å². The number of hydrogen-bond acceptors (Lipinski definition) is 4. The van der Waals surface area contributed by atoms with Crippen molar-refractivity contribution in [2.75, 3.05) is 7.05 Å². The molecule has 0 aromatic carbocycles. The van der Waals surface area contributed by atoms with Crippen molar-refractivity contribution >= 4 is 11.8 Å². The SMILES string of the molecule is CNC(C)Cc1nc(C)c2c(n1)CSC2. The van der Waals surface area contributed by atoms with Crippen molar-refractivity contribution in [1.82, 2.24) is 15.3 Å². The van der Waals surface area contributed by atoms with Crippen molar-refractivity contribution in [2.24, 2.45) is 0 Å². The van der Waals surface area contributed by atoms with E-state index in [1.165, 1.54) is 17.0 Å². The minimum Gasteiger partial charge on any atom is -0.317 e. The zero-order chi connectivity index (χ0) is 10.8. The van der Waals surface area contributed by atoms with Gasteiger partial charge in [0.05, 0.1) is 5.69 Å². The molecule has 1 atom stereocenters. The van der Waals surface area contributed by atoms with Gasteiger partial charge >= 0.3 is 0 Å². The summed E-state index contributed by atoms with van der Waals surface area (Å²) in [6.07, 6.45) is 0.912. The first-order valence-electron chi connectivity index (χ1n) is 5.31. The third-order valence-corrected chi connectivity index (χ3v) is 3.78. The van der Waals surface area contributed by atoms with E-state index in [2.05, 4.69) is 29.1 Å². The molecule has 0 aliphatic carbocycles. The second kappa shape index (κ2) is 4.49. The summed E-state index contributed by atoms with van der Waals surface area (Å²) in [6, 6.07) is 0.441. The summed E-state index contributed by atoms with van der Waals surface area (Å²) in [5.74, 6) is 3.12. The summed E-state index contributed by atoms with van der Waals surface area (Å²) in [5, 5.41) is 3.22. The third-order valence-electron chi connectivity index (χ3n) is 2.81. The Morgan fingerprint density at radius 2 is 2.20 bits per heavy atom. The molecule has 2 rings (SSSR count). The molecule has 82 valence electrons. The van der Waals surface area contributed by atoms with Crippen LogP contribution in [0.15, 0.2) is 0 Å². The highest BCUT2D eigenvalue weighted by Gasteiger charge is 2.17. The Bertz CT molecular complexity index is 365. The molecule has 1 unspecified atom stereocenters. The topological polar surface area (TPSA) is 37.8 Å². The molecule has 2 heterocycles. The Balaban J connectivity index is 2.23. The first-order chi connectivity index (χ1) is 7.20.